The second-order valence-electron chi connectivity index (χ2n) is 4.06. The fraction of sp³-hybridized carbons (Fsp3) is 0.750. The lowest BCUT2D eigenvalue weighted by molar-refractivity contribution is 0.294. The summed E-state index contributed by atoms with van der Waals surface area (Å²) in [5.74, 6) is 1.66. The Hall–Kier alpha value is -0.770. The topological polar surface area (TPSA) is 23.8 Å². The largest absolute Gasteiger partial charge is 0.193 e. The van der Waals surface area contributed by atoms with Crippen molar-refractivity contribution in [3.63, 3.8) is 0 Å². The highest BCUT2D eigenvalue weighted by Gasteiger charge is 2.18. The summed E-state index contributed by atoms with van der Waals surface area (Å²) >= 11 is 0. The molecule has 0 bridgehead atoms. The Morgan fingerprint density at radius 2 is 2.00 bits per heavy atom. The zero-order valence-electron chi connectivity index (χ0n) is 8.50. The van der Waals surface area contributed by atoms with Gasteiger partial charge < -0.3 is 0 Å². The van der Waals surface area contributed by atoms with E-state index in [1.165, 1.54) is 38.5 Å². The van der Waals surface area contributed by atoms with Crippen molar-refractivity contribution in [2.45, 2.75) is 45.4 Å². The van der Waals surface area contributed by atoms with E-state index in [-0.39, 0.29) is 0 Å². The van der Waals surface area contributed by atoms with Gasteiger partial charge in [-0.15, -0.1) is 0 Å². The van der Waals surface area contributed by atoms with E-state index in [9.17, 15) is 0 Å². The van der Waals surface area contributed by atoms with E-state index in [2.05, 4.69) is 19.1 Å². The Morgan fingerprint density at radius 1 is 1.31 bits per heavy atom. The van der Waals surface area contributed by atoms with Crippen LogP contribution in [-0.2, 0) is 0 Å². The van der Waals surface area contributed by atoms with Crippen LogP contribution in [0.4, 0.5) is 0 Å². The van der Waals surface area contributed by atoms with Crippen molar-refractivity contribution in [2.24, 2.45) is 11.8 Å². The Balaban J connectivity index is 2.23. The van der Waals surface area contributed by atoms with E-state index < -0.39 is 0 Å². The second-order valence-corrected chi connectivity index (χ2v) is 4.06. The summed E-state index contributed by atoms with van der Waals surface area (Å²) in [4.78, 5) is 0. The number of allylic oxidation sites excluding steroid dienone is 2. The van der Waals surface area contributed by atoms with Crippen molar-refractivity contribution >= 4 is 0 Å². The molecule has 1 aliphatic rings. The van der Waals surface area contributed by atoms with Gasteiger partial charge in [0.2, 0.25) is 0 Å². The smallest absolute Gasteiger partial charge is 0.0908 e. The Morgan fingerprint density at radius 3 is 2.54 bits per heavy atom. The molecule has 1 saturated carbocycles. The maximum absolute atomic E-state index is 8.40. The number of nitrogens with zero attached hydrogens (tertiary/aromatic N) is 1. The van der Waals surface area contributed by atoms with Crippen LogP contribution in [0.15, 0.2) is 12.2 Å². The van der Waals surface area contributed by atoms with Gasteiger partial charge in [-0.3, -0.25) is 0 Å². The van der Waals surface area contributed by atoms with Crippen LogP contribution >= 0.6 is 0 Å². The van der Waals surface area contributed by atoms with Gasteiger partial charge in [0.25, 0.3) is 0 Å². The van der Waals surface area contributed by atoms with E-state index in [1.54, 1.807) is 6.08 Å². The number of hydrogen-bond acceptors (Lipinski definition) is 1. The van der Waals surface area contributed by atoms with Crippen molar-refractivity contribution in [2.75, 3.05) is 0 Å². The Kier molecular flexibility index (Phi) is 4.60. The molecule has 72 valence electrons. The summed E-state index contributed by atoms with van der Waals surface area (Å²) in [6, 6.07) is 2.07. The number of hydrogen-bond donors (Lipinski definition) is 0. The van der Waals surface area contributed by atoms with Crippen LogP contribution in [0.1, 0.15) is 45.4 Å². The van der Waals surface area contributed by atoms with Crippen molar-refractivity contribution < 1.29 is 0 Å². The zero-order valence-corrected chi connectivity index (χ0v) is 8.50. The quantitative estimate of drug-likeness (QED) is 0.603. The minimum atomic E-state index is 0.688. The van der Waals surface area contributed by atoms with Crippen molar-refractivity contribution in [3.8, 4) is 6.07 Å². The van der Waals surface area contributed by atoms with Crippen LogP contribution in [0.2, 0.25) is 0 Å². The van der Waals surface area contributed by atoms with Crippen LogP contribution < -0.4 is 0 Å². The molecule has 0 unspecified atom stereocenters. The standard InChI is InChI=1S/C12H19N/c1-2-4-11-6-8-12(9-7-11)5-3-10-13/h3,5,11-12H,2,4,6-9H2,1H3. The van der Waals surface area contributed by atoms with Gasteiger partial charge in [-0.1, -0.05) is 25.8 Å². The third kappa shape index (κ3) is 3.63. The average molecular weight is 177 g/mol. The highest BCUT2D eigenvalue weighted by molar-refractivity contribution is 5.04. The summed E-state index contributed by atoms with van der Waals surface area (Å²) in [6.07, 6.45) is 11.8. The number of nitriles is 1. The predicted molar refractivity (Wildman–Crippen MR) is 55.1 cm³/mol. The van der Waals surface area contributed by atoms with Crippen LogP contribution in [0.3, 0.4) is 0 Å². The molecular formula is C12H19N. The molecule has 0 aliphatic heterocycles. The molecule has 1 rings (SSSR count). The normalized spacial score (nSPS) is 28.9. The highest BCUT2D eigenvalue weighted by atomic mass is 14.2. The molecule has 0 N–H and O–H groups in total. The molecule has 0 aromatic carbocycles. The highest BCUT2D eigenvalue weighted by Crippen LogP contribution is 2.31. The molecule has 1 fully saturated rings. The van der Waals surface area contributed by atoms with Gasteiger partial charge in [0.05, 0.1) is 6.07 Å². The van der Waals surface area contributed by atoms with Gasteiger partial charge in [0.15, 0.2) is 0 Å². The lowest BCUT2D eigenvalue weighted by Crippen LogP contribution is -2.12. The fourth-order valence-electron chi connectivity index (χ4n) is 2.26. The molecule has 0 aromatic heterocycles. The average Bonchev–Trinajstić information content (AvgIpc) is 2.17. The van der Waals surface area contributed by atoms with Gasteiger partial charge in [0, 0.05) is 6.08 Å². The summed E-state index contributed by atoms with van der Waals surface area (Å²) < 4.78 is 0. The predicted octanol–water partition coefficient (Wildman–Crippen LogP) is 3.67. The first-order chi connectivity index (χ1) is 6.36. The molecule has 0 atom stereocenters. The first-order valence-corrected chi connectivity index (χ1v) is 5.43. The summed E-state index contributed by atoms with van der Waals surface area (Å²) in [7, 11) is 0. The maximum Gasteiger partial charge on any atom is 0.0908 e. The molecule has 1 aliphatic carbocycles. The Labute approximate surface area is 81.5 Å². The molecule has 13 heavy (non-hydrogen) atoms. The van der Waals surface area contributed by atoms with Gasteiger partial charge in [-0.05, 0) is 37.5 Å². The first kappa shape index (κ1) is 10.3. The second kappa shape index (κ2) is 5.80. The number of rotatable bonds is 3. The van der Waals surface area contributed by atoms with Gasteiger partial charge >= 0.3 is 0 Å². The van der Waals surface area contributed by atoms with Crippen LogP contribution in [0.5, 0.6) is 0 Å². The lowest BCUT2D eigenvalue weighted by atomic mass is 9.80. The monoisotopic (exact) mass is 177 g/mol. The minimum Gasteiger partial charge on any atom is -0.193 e. The Bertz CT molecular complexity index is 192. The van der Waals surface area contributed by atoms with E-state index in [1.807, 2.05) is 0 Å². The van der Waals surface area contributed by atoms with Crippen molar-refractivity contribution in [1.29, 1.82) is 5.26 Å². The summed E-state index contributed by atoms with van der Waals surface area (Å²) in [5.41, 5.74) is 0. The molecule has 0 amide bonds. The molecule has 0 spiro atoms. The first-order valence-electron chi connectivity index (χ1n) is 5.43. The van der Waals surface area contributed by atoms with Crippen molar-refractivity contribution in [1.82, 2.24) is 0 Å². The zero-order chi connectivity index (χ0) is 9.52. The molecule has 1 heteroatoms. The van der Waals surface area contributed by atoms with E-state index >= 15 is 0 Å². The van der Waals surface area contributed by atoms with Crippen LogP contribution in [0, 0.1) is 23.2 Å². The lowest BCUT2D eigenvalue weighted by Gasteiger charge is -2.26. The van der Waals surface area contributed by atoms with Crippen LogP contribution in [0.25, 0.3) is 0 Å². The van der Waals surface area contributed by atoms with E-state index in [0.717, 1.165) is 5.92 Å². The molecule has 0 radical (unpaired) electrons. The van der Waals surface area contributed by atoms with Gasteiger partial charge in [-0.25, -0.2) is 0 Å². The third-order valence-corrected chi connectivity index (χ3v) is 3.03. The van der Waals surface area contributed by atoms with E-state index in [0.29, 0.717) is 5.92 Å². The molecule has 0 aromatic rings. The maximum atomic E-state index is 8.40. The van der Waals surface area contributed by atoms with Gasteiger partial charge in [0.1, 0.15) is 0 Å². The minimum absolute atomic E-state index is 0.688. The molecule has 0 saturated heterocycles. The van der Waals surface area contributed by atoms with E-state index in [4.69, 9.17) is 5.26 Å². The SMILES string of the molecule is CCCC1CCC(C=CC#N)CC1. The fourth-order valence-corrected chi connectivity index (χ4v) is 2.26. The third-order valence-electron chi connectivity index (χ3n) is 3.03. The molecule has 1 nitrogen and oxygen atoms in total. The summed E-state index contributed by atoms with van der Waals surface area (Å²) in [5, 5.41) is 8.40. The summed E-state index contributed by atoms with van der Waals surface area (Å²) in [6.45, 7) is 2.27. The molecule has 0 heterocycles. The van der Waals surface area contributed by atoms with Crippen molar-refractivity contribution in [3.05, 3.63) is 12.2 Å². The van der Waals surface area contributed by atoms with Gasteiger partial charge in [-0.2, -0.15) is 5.26 Å². The van der Waals surface area contributed by atoms with Crippen LogP contribution in [-0.4, -0.2) is 0 Å². The molecular weight excluding hydrogens is 158 g/mol.